The molecule has 1 amide bonds. The molecule has 3 rings (SSSR count). The number of aromatic nitrogens is 2. The minimum absolute atomic E-state index is 0.0185. The van der Waals surface area contributed by atoms with E-state index in [0.29, 0.717) is 49.8 Å². The Labute approximate surface area is 198 Å². The maximum atomic E-state index is 12.8. The van der Waals surface area contributed by atoms with E-state index in [1.807, 2.05) is 25.5 Å². The number of amides is 1. The molecule has 33 heavy (non-hydrogen) atoms. The smallest absolute Gasteiger partial charge is 0.243 e. The number of nitrogens with one attached hydrogen (secondary N) is 1. The Kier molecular flexibility index (Phi) is 8.53. The van der Waals surface area contributed by atoms with Gasteiger partial charge in [0.15, 0.2) is 0 Å². The lowest BCUT2D eigenvalue weighted by Crippen LogP contribution is -2.42. The van der Waals surface area contributed by atoms with E-state index in [2.05, 4.69) is 29.0 Å². The molecular formula is C24H39N5O3S. The minimum atomic E-state index is -3.53. The highest BCUT2D eigenvalue weighted by atomic mass is 32.2. The van der Waals surface area contributed by atoms with Gasteiger partial charge in [0.2, 0.25) is 15.9 Å². The van der Waals surface area contributed by atoms with E-state index in [4.69, 9.17) is 0 Å². The molecule has 1 N–H and O–H groups in total. The zero-order valence-electron chi connectivity index (χ0n) is 20.7. The molecule has 0 radical (unpaired) electrons. The number of aryl methyl sites for hydroxylation is 2. The Morgan fingerprint density at radius 3 is 2.48 bits per heavy atom. The summed E-state index contributed by atoms with van der Waals surface area (Å²) in [5.74, 6) is 2.22. The number of rotatable bonds is 10. The van der Waals surface area contributed by atoms with Crippen molar-refractivity contribution in [3.8, 4) is 0 Å². The van der Waals surface area contributed by atoms with E-state index in [0.717, 1.165) is 31.0 Å². The predicted molar refractivity (Wildman–Crippen MR) is 132 cm³/mol. The van der Waals surface area contributed by atoms with Gasteiger partial charge in [-0.05, 0) is 36.5 Å². The summed E-state index contributed by atoms with van der Waals surface area (Å²) in [5, 5.41) is 3.03. The van der Waals surface area contributed by atoms with Gasteiger partial charge in [-0.15, -0.1) is 0 Å². The summed E-state index contributed by atoms with van der Waals surface area (Å²) < 4.78 is 29.0. The zero-order chi connectivity index (χ0) is 24.2. The number of nitrogens with zero attached hydrogens (tertiary/aromatic N) is 4. The van der Waals surface area contributed by atoms with Crippen LogP contribution in [0.15, 0.2) is 23.1 Å². The first-order valence-electron chi connectivity index (χ1n) is 12.1. The molecule has 1 aromatic heterocycles. The minimum Gasteiger partial charge on any atom is -0.355 e. The van der Waals surface area contributed by atoms with Crippen LogP contribution in [0.5, 0.6) is 0 Å². The number of imidazole rings is 1. The monoisotopic (exact) mass is 477 g/mol. The molecule has 2 unspecified atom stereocenters. The van der Waals surface area contributed by atoms with Gasteiger partial charge in [-0.1, -0.05) is 27.7 Å². The van der Waals surface area contributed by atoms with E-state index in [1.165, 1.54) is 10.7 Å². The zero-order valence-corrected chi connectivity index (χ0v) is 21.5. The summed E-state index contributed by atoms with van der Waals surface area (Å²) in [5.41, 5.74) is 1.49. The fourth-order valence-electron chi connectivity index (χ4n) is 4.97. The predicted octanol–water partition coefficient (Wildman–Crippen LogP) is 2.63. The molecule has 2 aromatic rings. The molecule has 2 atom stereocenters. The number of sulfonamides is 1. The second-order valence-corrected chi connectivity index (χ2v) is 11.3. The summed E-state index contributed by atoms with van der Waals surface area (Å²) in [6, 6.07) is 5.06. The van der Waals surface area contributed by atoms with Crippen LogP contribution in [0.3, 0.4) is 0 Å². The first kappa shape index (κ1) is 25.6. The largest absolute Gasteiger partial charge is 0.355 e. The number of hydrogen-bond acceptors (Lipinski definition) is 5. The van der Waals surface area contributed by atoms with Gasteiger partial charge in [0.25, 0.3) is 0 Å². The van der Waals surface area contributed by atoms with E-state index < -0.39 is 10.0 Å². The Morgan fingerprint density at radius 2 is 1.85 bits per heavy atom. The molecule has 0 spiro atoms. The summed E-state index contributed by atoms with van der Waals surface area (Å²) in [7, 11) is -1.63. The Balaban J connectivity index is 1.58. The lowest BCUT2D eigenvalue weighted by molar-refractivity contribution is -0.121. The summed E-state index contributed by atoms with van der Waals surface area (Å²) in [6.07, 6.45) is 2.14. The number of likely N-dealkylation sites (tertiary alicyclic amines) is 1. The van der Waals surface area contributed by atoms with E-state index >= 15 is 0 Å². The van der Waals surface area contributed by atoms with Crippen LogP contribution < -0.4 is 5.32 Å². The molecule has 184 valence electrons. The van der Waals surface area contributed by atoms with Crippen molar-refractivity contribution in [3.05, 3.63) is 24.0 Å². The normalized spacial score (nSPS) is 19.9. The van der Waals surface area contributed by atoms with Crippen molar-refractivity contribution < 1.29 is 13.2 Å². The van der Waals surface area contributed by atoms with Crippen LogP contribution in [0, 0.1) is 11.8 Å². The Bertz CT molecular complexity index is 1050. The van der Waals surface area contributed by atoms with Crippen molar-refractivity contribution in [3.63, 3.8) is 0 Å². The van der Waals surface area contributed by atoms with Crippen LogP contribution in [0.2, 0.25) is 0 Å². The molecule has 1 aromatic carbocycles. The lowest BCUT2D eigenvalue weighted by Gasteiger charge is -2.34. The second-order valence-electron chi connectivity index (χ2n) is 9.38. The third-order valence-corrected chi connectivity index (χ3v) is 8.60. The molecule has 8 nitrogen and oxygen atoms in total. The standard InChI is InChI=1S/C24H39N5O3S/c1-6-29(7-2)33(31,32)20-8-9-22-21(15-20)26-23(27(22)5)10-11-24(30)25-12-13-28-16-18(3)14-19(4)17-28/h8-9,15,18-19H,6-7,10-14,16-17H2,1-5H3,(H,25,30). The first-order chi connectivity index (χ1) is 15.6. The van der Waals surface area contributed by atoms with Crippen molar-refractivity contribution in [1.29, 1.82) is 0 Å². The maximum Gasteiger partial charge on any atom is 0.243 e. The third kappa shape index (κ3) is 6.13. The summed E-state index contributed by atoms with van der Waals surface area (Å²) in [6.45, 7) is 12.8. The second kappa shape index (κ2) is 11.0. The number of carbonyl (C=O) groups is 1. The quantitative estimate of drug-likeness (QED) is 0.568. The SMILES string of the molecule is CCN(CC)S(=O)(=O)c1ccc2c(c1)nc(CCC(=O)NCCN1CC(C)CC(C)C1)n2C. The van der Waals surface area contributed by atoms with E-state index in [-0.39, 0.29) is 10.8 Å². The van der Waals surface area contributed by atoms with Gasteiger partial charge in [-0.2, -0.15) is 4.31 Å². The van der Waals surface area contributed by atoms with Crippen molar-refractivity contribution in [2.45, 2.75) is 51.9 Å². The molecule has 1 aliphatic heterocycles. The Hall–Kier alpha value is -1.97. The molecular weight excluding hydrogens is 438 g/mol. The molecule has 2 heterocycles. The molecule has 9 heteroatoms. The van der Waals surface area contributed by atoms with Crippen LogP contribution >= 0.6 is 0 Å². The summed E-state index contributed by atoms with van der Waals surface area (Å²) >= 11 is 0. The highest BCUT2D eigenvalue weighted by molar-refractivity contribution is 7.89. The van der Waals surface area contributed by atoms with Gasteiger partial charge < -0.3 is 14.8 Å². The number of carbonyl (C=O) groups excluding carboxylic acids is 1. The average Bonchev–Trinajstić information content (AvgIpc) is 3.07. The van der Waals surface area contributed by atoms with Gasteiger partial charge in [0.05, 0.1) is 15.9 Å². The van der Waals surface area contributed by atoms with Crippen LogP contribution in [0.4, 0.5) is 0 Å². The van der Waals surface area contributed by atoms with Crippen LogP contribution in [-0.2, 0) is 28.3 Å². The van der Waals surface area contributed by atoms with Crippen molar-refractivity contribution in [2.75, 3.05) is 39.3 Å². The molecule has 0 bridgehead atoms. The first-order valence-corrected chi connectivity index (χ1v) is 13.5. The average molecular weight is 478 g/mol. The maximum absolute atomic E-state index is 12.8. The van der Waals surface area contributed by atoms with E-state index in [1.54, 1.807) is 18.2 Å². The topological polar surface area (TPSA) is 87.5 Å². The molecule has 1 aliphatic rings. The van der Waals surface area contributed by atoms with Crippen LogP contribution in [-0.4, -0.2) is 72.3 Å². The van der Waals surface area contributed by atoms with Gasteiger partial charge in [-0.3, -0.25) is 4.79 Å². The molecule has 1 fully saturated rings. The summed E-state index contributed by atoms with van der Waals surface area (Å²) in [4.78, 5) is 19.7. The van der Waals surface area contributed by atoms with Crippen LogP contribution in [0.1, 0.15) is 46.4 Å². The fraction of sp³-hybridized carbons (Fsp3) is 0.667. The van der Waals surface area contributed by atoms with Gasteiger partial charge in [0.1, 0.15) is 5.82 Å². The van der Waals surface area contributed by atoms with E-state index in [9.17, 15) is 13.2 Å². The van der Waals surface area contributed by atoms with Gasteiger partial charge >= 0.3 is 0 Å². The van der Waals surface area contributed by atoms with Crippen molar-refractivity contribution >= 4 is 27.0 Å². The molecule has 1 saturated heterocycles. The highest BCUT2D eigenvalue weighted by Gasteiger charge is 2.23. The van der Waals surface area contributed by atoms with Crippen molar-refractivity contribution in [1.82, 2.24) is 24.1 Å². The third-order valence-electron chi connectivity index (χ3n) is 6.56. The lowest BCUT2D eigenvalue weighted by atomic mass is 9.92. The number of hydrogen-bond donors (Lipinski definition) is 1. The number of fused-ring (bicyclic) bond motifs is 1. The molecule has 0 saturated carbocycles. The van der Waals surface area contributed by atoms with Crippen LogP contribution in [0.25, 0.3) is 11.0 Å². The van der Waals surface area contributed by atoms with Gasteiger partial charge in [0, 0.05) is 59.2 Å². The number of piperidine rings is 1. The molecule has 0 aliphatic carbocycles. The van der Waals surface area contributed by atoms with Crippen molar-refractivity contribution in [2.24, 2.45) is 18.9 Å². The number of benzene rings is 1. The fourth-order valence-corrected chi connectivity index (χ4v) is 6.45. The highest BCUT2D eigenvalue weighted by Crippen LogP contribution is 2.23. The van der Waals surface area contributed by atoms with Gasteiger partial charge in [-0.25, -0.2) is 13.4 Å². The Morgan fingerprint density at radius 1 is 1.18 bits per heavy atom.